The lowest BCUT2D eigenvalue weighted by Gasteiger charge is -2.27. The van der Waals surface area contributed by atoms with Crippen molar-refractivity contribution in [3.8, 4) is 39.1 Å². The van der Waals surface area contributed by atoms with Gasteiger partial charge in [-0.1, -0.05) is 140 Å². The van der Waals surface area contributed by atoms with Gasteiger partial charge in [0.15, 0.2) is 0 Å². The summed E-state index contributed by atoms with van der Waals surface area (Å²) in [5, 5.41) is 6.73. The first kappa shape index (κ1) is 36.1. The molecule has 0 spiro atoms. The fourth-order valence-electron chi connectivity index (χ4n) is 9.80. The first-order valence-electron chi connectivity index (χ1n) is 21.7. The van der Waals surface area contributed by atoms with E-state index >= 15 is 0 Å². The van der Waals surface area contributed by atoms with Gasteiger partial charge in [0.25, 0.3) is 0 Å². The van der Waals surface area contributed by atoms with E-state index in [0.717, 1.165) is 100 Å². The number of hydrogen-bond donors (Lipinski definition) is 0. The van der Waals surface area contributed by atoms with Crippen molar-refractivity contribution in [1.82, 2.24) is 4.57 Å². The number of aromatic nitrogens is 1. The number of hydrogen-bond acceptors (Lipinski definition) is 3. The van der Waals surface area contributed by atoms with Gasteiger partial charge in [-0.05, 0) is 113 Å². The summed E-state index contributed by atoms with van der Waals surface area (Å²) in [6, 6.07) is 82.0. The minimum absolute atomic E-state index is 0.825. The van der Waals surface area contributed by atoms with Gasteiger partial charge >= 0.3 is 0 Å². The Morgan fingerprint density at radius 1 is 0.328 bits per heavy atom. The summed E-state index contributed by atoms with van der Waals surface area (Å²) in [5.41, 5.74) is 16.5. The molecular weight excluding hydrogens is 781 g/mol. The minimum Gasteiger partial charge on any atom is -0.456 e. The standard InChI is InChI=1S/C60H38N2O2/c1-4-14-39(15-5-1)42-24-31-50-51-33-30-46(38-58(51)63-56(50)36-42)61(44-26-28-45(29-27-44)62-53-22-12-10-20-48(53)49-21-11-13-23-54(49)62)55-35-34-47(41-18-8-3-9-19-41)60-59(55)52-32-25-43(37-57(52)64-60)40-16-6-2-7-17-40/h1-38H. The number of para-hydroxylation sites is 2. The summed E-state index contributed by atoms with van der Waals surface area (Å²) in [7, 11) is 0. The quantitative estimate of drug-likeness (QED) is 0.161. The summed E-state index contributed by atoms with van der Waals surface area (Å²) < 4.78 is 16.1. The van der Waals surface area contributed by atoms with Crippen LogP contribution < -0.4 is 4.90 Å². The topological polar surface area (TPSA) is 34.5 Å². The van der Waals surface area contributed by atoms with Gasteiger partial charge in [0.1, 0.15) is 22.3 Å². The average molecular weight is 819 g/mol. The van der Waals surface area contributed by atoms with E-state index in [9.17, 15) is 0 Å². The SMILES string of the molecule is c1ccc(-c2ccc3c(c2)oc2cc(N(c4ccc(-n5c6ccccc6c6ccccc65)cc4)c4ccc(-c5ccccc5)c5oc6cc(-c7ccccc7)ccc6c45)ccc23)cc1. The Kier molecular flexibility index (Phi) is 8.18. The van der Waals surface area contributed by atoms with Crippen LogP contribution in [0.15, 0.2) is 239 Å². The lowest BCUT2D eigenvalue weighted by Crippen LogP contribution is -2.10. The second-order valence-corrected chi connectivity index (χ2v) is 16.5. The third kappa shape index (κ3) is 5.77. The molecule has 13 rings (SSSR count). The third-order valence-electron chi connectivity index (χ3n) is 12.8. The molecule has 10 aromatic carbocycles. The lowest BCUT2D eigenvalue weighted by molar-refractivity contribution is 0.669. The van der Waals surface area contributed by atoms with Gasteiger partial charge in [0, 0.05) is 55.6 Å². The van der Waals surface area contributed by atoms with Crippen LogP contribution in [0.25, 0.3) is 105 Å². The minimum atomic E-state index is 0.825. The number of fused-ring (bicyclic) bond motifs is 9. The molecule has 13 aromatic rings. The van der Waals surface area contributed by atoms with Crippen LogP contribution >= 0.6 is 0 Å². The van der Waals surface area contributed by atoms with E-state index in [-0.39, 0.29) is 0 Å². The lowest BCUT2D eigenvalue weighted by atomic mass is 9.98. The molecule has 0 bridgehead atoms. The van der Waals surface area contributed by atoms with Crippen LogP contribution in [0.5, 0.6) is 0 Å². The van der Waals surface area contributed by atoms with E-state index in [1.807, 2.05) is 6.07 Å². The van der Waals surface area contributed by atoms with Crippen LogP contribution in [0.3, 0.4) is 0 Å². The molecule has 0 aliphatic heterocycles. The Labute approximate surface area is 369 Å². The highest BCUT2D eigenvalue weighted by Crippen LogP contribution is 2.48. The van der Waals surface area contributed by atoms with E-state index < -0.39 is 0 Å². The molecule has 0 amide bonds. The van der Waals surface area contributed by atoms with E-state index in [1.165, 1.54) is 21.8 Å². The number of benzene rings is 10. The molecular formula is C60H38N2O2. The smallest absolute Gasteiger partial charge is 0.145 e. The molecule has 3 heterocycles. The van der Waals surface area contributed by atoms with E-state index in [4.69, 9.17) is 8.83 Å². The number of nitrogens with zero attached hydrogens (tertiary/aromatic N) is 2. The van der Waals surface area contributed by atoms with Gasteiger partial charge in [-0.15, -0.1) is 0 Å². The fourth-order valence-corrected chi connectivity index (χ4v) is 9.80. The van der Waals surface area contributed by atoms with Crippen molar-refractivity contribution in [3.05, 3.63) is 231 Å². The van der Waals surface area contributed by atoms with Crippen molar-refractivity contribution in [2.45, 2.75) is 0 Å². The largest absolute Gasteiger partial charge is 0.456 e. The fraction of sp³-hybridized carbons (Fsp3) is 0. The van der Waals surface area contributed by atoms with Gasteiger partial charge in [0.2, 0.25) is 0 Å². The van der Waals surface area contributed by atoms with Crippen LogP contribution in [0.1, 0.15) is 0 Å². The van der Waals surface area contributed by atoms with Gasteiger partial charge in [-0.25, -0.2) is 0 Å². The van der Waals surface area contributed by atoms with E-state index in [0.29, 0.717) is 0 Å². The van der Waals surface area contributed by atoms with Crippen LogP contribution in [-0.4, -0.2) is 4.57 Å². The molecule has 0 unspecified atom stereocenters. The van der Waals surface area contributed by atoms with Crippen LogP contribution in [0, 0.1) is 0 Å². The molecule has 3 aromatic heterocycles. The molecule has 300 valence electrons. The van der Waals surface area contributed by atoms with Crippen molar-refractivity contribution in [1.29, 1.82) is 0 Å². The average Bonchev–Trinajstić information content (AvgIpc) is 4.04. The number of furan rings is 2. The van der Waals surface area contributed by atoms with Gasteiger partial charge in [-0.2, -0.15) is 0 Å². The maximum Gasteiger partial charge on any atom is 0.145 e. The summed E-state index contributed by atoms with van der Waals surface area (Å²) in [4.78, 5) is 2.36. The van der Waals surface area contributed by atoms with Crippen molar-refractivity contribution in [3.63, 3.8) is 0 Å². The maximum atomic E-state index is 7.02. The molecule has 0 N–H and O–H groups in total. The molecule has 0 aliphatic carbocycles. The third-order valence-corrected chi connectivity index (χ3v) is 12.8. The van der Waals surface area contributed by atoms with E-state index in [2.05, 4.69) is 234 Å². The van der Waals surface area contributed by atoms with Crippen LogP contribution in [-0.2, 0) is 0 Å². The molecule has 0 atom stereocenters. The molecule has 4 heteroatoms. The Morgan fingerprint density at radius 3 is 1.45 bits per heavy atom. The summed E-state index contributed by atoms with van der Waals surface area (Å²) in [6.07, 6.45) is 0. The summed E-state index contributed by atoms with van der Waals surface area (Å²) in [5.74, 6) is 0. The van der Waals surface area contributed by atoms with Crippen LogP contribution in [0.4, 0.5) is 17.1 Å². The zero-order chi connectivity index (χ0) is 42.1. The molecule has 0 aliphatic rings. The second kappa shape index (κ2) is 14.5. The Bertz CT molecular complexity index is 3830. The van der Waals surface area contributed by atoms with Gasteiger partial charge in [0.05, 0.1) is 22.1 Å². The number of rotatable bonds is 7. The first-order valence-corrected chi connectivity index (χ1v) is 21.7. The molecule has 4 nitrogen and oxygen atoms in total. The highest BCUT2D eigenvalue weighted by molar-refractivity contribution is 6.18. The van der Waals surface area contributed by atoms with Crippen LogP contribution in [0.2, 0.25) is 0 Å². The monoisotopic (exact) mass is 818 g/mol. The highest BCUT2D eigenvalue weighted by Gasteiger charge is 2.24. The second-order valence-electron chi connectivity index (χ2n) is 16.5. The van der Waals surface area contributed by atoms with Crippen molar-refractivity contribution in [2.24, 2.45) is 0 Å². The van der Waals surface area contributed by atoms with Crippen molar-refractivity contribution >= 4 is 82.7 Å². The molecule has 0 saturated heterocycles. The molecule has 0 fully saturated rings. The van der Waals surface area contributed by atoms with Crippen molar-refractivity contribution in [2.75, 3.05) is 4.90 Å². The zero-order valence-corrected chi connectivity index (χ0v) is 34.7. The maximum absolute atomic E-state index is 7.02. The van der Waals surface area contributed by atoms with Gasteiger partial charge in [-0.3, -0.25) is 0 Å². The Hall–Kier alpha value is -8.60. The predicted molar refractivity (Wildman–Crippen MR) is 266 cm³/mol. The van der Waals surface area contributed by atoms with E-state index in [1.54, 1.807) is 0 Å². The summed E-state index contributed by atoms with van der Waals surface area (Å²) >= 11 is 0. The normalized spacial score (nSPS) is 11.8. The molecule has 0 radical (unpaired) electrons. The zero-order valence-electron chi connectivity index (χ0n) is 34.7. The Morgan fingerprint density at radius 2 is 0.828 bits per heavy atom. The number of anilines is 3. The molecule has 0 saturated carbocycles. The first-order chi connectivity index (χ1) is 31.7. The van der Waals surface area contributed by atoms with Gasteiger partial charge < -0.3 is 18.3 Å². The predicted octanol–water partition coefficient (Wildman–Crippen LogP) is 17.1. The van der Waals surface area contributed by atoms with Crippen molar-refractivity contribution < 1.29 is 8.83 Å². The summed E-state index contributed by atoms with van der Waals surface area (Å²) in [6.45, 7) is 0. The highest BCUT2D eigenvalue weighted by atomic mass is 16.3. The Balaban J connectivity index is 1.04. The molecule has 64 heavy (non-hydrogen) atoms.